The number of methoxy groups -OCH3 is 1. The summed E-state index contributed by atoms with van der Waals surface area (Å²) in [6, 6.07) is 13.2. The summed E-state index contributed by atoms with van der Waals surface area (Å²) in [6.07, 6.45) is 0.934. The Bertz CT molecular complexity index is 678. The number of nitrogens with two attached hydrogens (primary N) is 1. The van der Waals surface area contributed by atoms with Crippen LogP contribution in [0.4, 0.5) is 5.69 Å². The third-order valence-electron chi connectivity index (χ3n) is 3.84. The third-order valence-corrected chi connectivity index (χ3v) is 4.16. The van der Waals surface area contributed by atoms with Gasteiger partial charge in [-0.15, -0.1) is 12.4 Å². The van der Waals surface area contributed by atoms with E-state index in [0.717, 1.165) is 6.42 Å². The molecule has 2 rings (SSSR count). The first kappa shape index (κ1) is 20.1. The van der Waals surface area contributed by atoms with Gasteiger partial charge in [0.2, 0.25) is 0 Å². The van der Waals surface area contributed by atoms with Crippen LogP contribution in [0.5, 0.6) is 5.75 Å². The lowest BCUT2D eigenvalue weighted by atomic mass is 9.96. The predicted molar refractivity (Wildman–Crippen MR) is 101 cm³/mol. The van der Waals surface area contributed by atoms with Crippen LogP contribution in [0.25, 0.3) is 0 Å². The summed E-state index contributed by atoms with van der Waals surface area (Å²) >= 11 is 6.01. The number of hydrogen-bond acceptors (Lipinski definition) is 3. The molecule has 3 N–H and O–H groups in total. The first-order chi connectivity index (χ1) is 11.1. The van der Waals surface area contributed by atoms with Crippen LogP contribution in [-0.2, 0) is 0 Å². The molecule has 0 radical (unpaired) electrons. The van der Waals surface area contributed by atoms with E-state index in [1.807, 2.05) is 18.2 Å². The van der Waals surface area contributed by atoms with E-state index in [0.29, 0.717) is 28.6 Å². The minimum atomic E-state index is -0.224. The van der Waals surface area contributed by atoms with Crippen molar-refractivity contribution in [2.45, 2.75) is 19.3 Å². The van der Waals surface area contributed by atoms with Crippen molar-refractivity contribution in [3.05, 3.63) is 58.6 Å². The number of halogens is 2. The van der Waals surface area contributed by atoms with E-state index < -0.39 is 0 Å². The van der Waals surface area contributed by atoms with Crippen LogP contribution < -0.4 is 15.8 Å². The van der Waals surface area contributed by atoms with Crippen LogP contribution in [-0.4, -0.2) is 19.6 Å². The topological polar surface area (TPSA) is 64.4 Å². The molecular weight excluding hydrogens is 347 g/mol. The summed E-state index contributed by atoms with van der Waals surface area (Å²) in [5.74, 6) is 0.450. The fourth-order valence-electron chi connectivity index (χ4n) is 2.45. The van der Waals surface area contributed by atoms with Gasteiger partial charge in [-0.05, 0) is 18.1 Å². The molecule has 1 amide bonds. The zero-order chi connectivity index (χ0) is 16.8. The summed E-state index contributed by atoms with van der Waals surface area (Å²) in [7, 11) is 1.50. The van der Waals surface area contributed by atoms with Crippen molar-refractivity contribution < 1.29 is 9.53 Å². The van der Waals surface area contributed by atoms with Gasteiger partial charge in [-0.25, -0.2) is 0 Å². The Labute approximate surface area is 153 Å². The number of ether oxygens (including phenoxy) is 1. The van der Waals surface area contributed by atoms with E-state index in [-0.39, 0.29) is 24.2 Å². The number of nitrogens with one attached hydrogen (secondary N) is 1. The maximum Gasteiger partial charge on any atom is 0.255 e. The monoisotopic (exact) mass is 368 g/mol. The van der Waals surface area contributed by atoms with E-state index in [9.17, 15) is 4.79 Å². The predicted octanol–water partition coefficient (Wildman–Crippen LogP) is 4.28. The molecule has 0 bridgehead atoms. The molecule has 0 spiro atoms. The molecule has 0 aliphatic heterocycles. The average molecular weight is 369 g/mol. The van der Waals surface area contributed by atoms with Gasteiger partial charge >= 0.3 is 0 Å². The van der Waals surface area contributed by atoms with Gasteiger partial charge < -0.3 is 15.8 Å². The van der Waals surface area contributed by atoms with Gasteiger partial charge in [0, 0.05) is 18.5 Å². The molecule has 130 valence electrons. The van der Waals surface area contributed by atoms with Gasteiger partial charge in [-0.1, -0.05) is 48.9 Å². The van der Waals surface area contributed by atoms with Crippen LogP contribution in [0.15, 0.2) is 42.5 Å². The van der Waals surface area contributed by atoms with E-state index in [2.05, 4.69) is 24.4 Å². The van der Waals surface area contributed by atoms with Crippen molar-refractivity contribution in [3.8, 4) is 5.75 Å². The van der Waals surface area contributed by atoms with Crippen LogP contribution in [0, 0.1) is 0 Å². The summed E-state index contributed by atoms with van der Waals surface area (Å²) in [5.41, 5.74) is 7.72. The smallest absolute Gasteiger partial charge is 0.255 e. The van der Waals surface area contributed by atoms with Gasteiger partial charge in [0.15, 0.2) is 0 Å². The van der Waals surface area contributed by atoms with Crippen LogP contribution in [0.1, 0.15) is 35.2 Å². The number of hydrogen-bond donors (Lipinski definition) is 2. The Morgan fingerprint density at radius 3 is 2.54 bits per heavy atom. The van der Waals surface area contributed by atoms with Crippen LogP contribution in [0.2, 0.25) is 5.02 Å². The maximum absolute atomic E-state index is 12.4. The van der Waals surface area contributed by atoms with Gasteiger partial charge in [0.25, 0.3) is 5.91 Å². The lowest BCUT2D eigenvalue weighted by molar-refractivity contribution is 0.0948. The highest BCUT2D eigenvalue weighted by Crippen LogP contribution is 2.29. The molecule has 24 heavy (non-hydrogen) atoms. The molecule has 4 nitrogen and oxygen atoms in total. The molecule has 2 aromatic rings. The third kappa shape index (κ3) is 4.79. The zero-order valence-corrected chi connectivity index (χ0v) is 15.3. The van der Waals surface area contributed by atoms with Crippen molar-refractivity contribution in [1.29, 1.82) is 0 Å². The van der Waals surface area contributed by atoms with Gasteiger partial charge in [-0.3, -0.25) is 4.79 Å². The molecule has 0 saturated carbocycles. The number of carbonyl (C=O) groups excluding carboxylic acids is 1. The quantitative estimate of drug-likeness (QED) is 0.747. The summed E-state index contributed by atoms with van der Waals surface area (Å²) in [5, 5.41) is 3.29. The second-order valence-corrected chi connectivity index (χ2v) is 5.71. The molecule has 0 fully saturated rings. The lowest BCUT2D eigenvalue weighted by Crippen LogP contribution is -2.28. The lowest BCUT2D eigenvalue weighted by Gasteiger charge is -2.17. The highest BCUT2D eigenvalue weighted by Gasteiger charge is 2.17. The second kappa shape index (κ2) is 9.40. The highest BCUT2D eigenvalue weighted by atomic mass is 35.5. The number of nitrogen functional groups attached to an aromatic ring is 1. The molecule has 0 aliphatic rings. The number of anilines is 1. The number of rotatable bonds is 6. The summed E-state index contributed by atoms with van der Waals surface area (Å²) < 4.78 is 5.22. The maximum atomic E-state index is 12.4. The SMILES string of the molecule is CCC(CNC(=O)c1cc(Cl)c(N)cc1OC)c1ccccc1.Cl. The van der Waals surface area contributed by atoms with Crippen molar-refractivity contribution in [2.75, 3.05) is 19.4 Å². The number of carbonyl (C=O) groups is 1. The Balaban J connectivity index is 0.00000288. The molecular formula is C18H22Cl2N2O2. The largest absolute Gasteiger partial charge is 0.496 e. The van der Waals surface area contributed by atoms with Crippen molar-refractivity contribution in [2.24, 2.45) is 0 Å². The van der Waals surface area contributed by atoms with Crippen LogP contribution >= 0.6 is 24.0 Å². The molecule has 1 unspecified atom stereocenters. The van der Waals surface area contributed by atoms with Crippen molar-refractivity contribution in [1.82, 2.24) is 5.32 Å². The van der Waals surface area contributed by atoms with E-state index in [1.54, 1.807) is 6.07 Å². The Morgan fingerprint density at radius 2 is 1.96 bits per heavy atom. The number of amides is 1. The van der Waals surface area contributed by atoms with Gasteiger partial charge in [0.05, 0.1) is 23.4 Å². The Morgan fingerprint density at radius 1 is 1.29 bits per heavy atom. The summed E-state index contributed by atoms with van der Waals surface area (Å²) in [4.78, 5) is 12.4. The second-order valence-electron chi connectivity index (χ2n) is 5.30. The molecule has 0 aromatic heterocycles. The molecule has 0 heterocycles. The normalized spacial score (nSPS) is 11.3. The fraction of sp³-hybridized carbons (Fsp3) is 0.278. The van der Waals surface area contributed by atoms with Crippen LogP contribution in [0.3, 0.4) is 0 Å². The van der Waals surface area contributed by atoms with E-state index in [4.69, 9.17) is 22.1 Å². The van der Waals surface area contributed by atoms with Crippen molar-refractivity contribution in [3.63, 3.8) is 0 Å². The Kier molecular flexibility index (Phi) is 7.89. The zero-order valence-electron chi connectivity index (χ0n) is 13.7. The molecule has 0 aliphatic carbocycles. The summed E-state index contributed by atoms with van der Waals surface area (Å²) in [6.45, 7) is 2.65. The first-order valence-corrected chi connectivity index (χ1v) is 7.90. The minimum Gasteiger partial charge on any atom is -0.496 e. The first-order valence-electron chi connectivity index (χ1n) is 7.53. The minimum absolute atomic E-state index is 0. The van der Waals surface area contributed by atoms with Gasteiger partial charge in [-0.2, -0.15) is 0 Å². The molecule has 1 atom stereocenters. The molecule has 2 aromatic carbocycles. The molecule has 6 heteroatoms. The standard InChI is InChI=1S/C18H21ClN2O2.ClH/c1-3-12(13-7-5-4-6-8-13)11-21-18(22)14-9-15(19)16(20)10-17(14)23-2;/h4-10,12H,3,11,20H2,1-2H3,(H,21,22);1H. The van der Waals surface area contributed by atoms with Crippen molar-refractivity contribution >= 4 is 35.6 Å². The molecule has 0 saturated heterocycles. The van der Waals surface area contributed by atoms with Gasteiger partial charge in [0.1, 0.15) is 5.75 Å². The fourth-order valence-corrected chi connectivity index (χ4v) is 2.61. The highest BCUT2D eigenvalue weighted by molar-refractivity contribution is 6.33. The van der Waals surface area contributed by atoms with E-state index >= 15 is 0 Å². The van der Waals surface area contributed by atoms with E-state index in [1.165, 1.54) is 18.7 Å². The average Bonchev–Trinajstić information content (AvgIpc) is 2.58. The number of benzene rings is 2. The Hall–Kier alpha value is -1.91.